The van der Waals surface area contributed by atoms with Crippen LogP contribution in [0.15, 0.2) is 42.5 Å². The summed E-state index contributed by atoms with van der Waals surface area (Å²) in [5.74, 6) is -0.678. The number of benzene rings is 2. The number of carbonyl (C=O) groups excluding carboxylic acids is 2. The summed E-state index contributed by atoms with van der Waals surface area (Å²) in [5.41, 5.74) is 4.01. The molecule has 1 atom stereocenters. The molecule has 7 nitrogen and oxygen atoms in total. The number of hydrogen-bond acceptors (Lipinski definition) is 4. The van der Waals surface area contributed by atoms with Crippen LogP contribution in [-0.4, -0.2) is 50.5 Å². The second-order valence-corrected chi connectivity index (χ2v) is 10.2. The lowest BCUT2D eigenvalue weighted by molar-refractivity contribution is -0.140. The molecule has 0 radical (unpaired) electrons. The smallest absolute Gasteiger partial charge is 0.244 e. The Hall–Kier alpha value is -2.87. The van der Waals surface area contributed by atoms with Gasteiger partial charge in [-0.2, -0.15) is 0 Å². The monoisotopic (exact) mass is 473 g/mol. The average molecular weight is 474 g/mol. The van der Waals surface area contributed by atoms with Crippen LogP contribution >= 0.6 is 0 Å². The predicted molar refractivity (Wildman–Crippen MR) is 133 cm³/mol. The number of amides is 2. The van der Waals surface area contributed by atoms with Crippen molar-refractivity contribution in [2.24, 2.45) is 0 Å². The SMILES string of the molecule is CCNC(=O)[C@H](CC)N(Cc1ccccc1C)C(=O)CN(c1cc(C)ccc1C)S(C)(=O)=O. The van der Waals surface area contributed by atoms with Gasteiger partial charge in [-0.1, -0.05) is 43.3 Å². The Bertz CT molecular complexity index is 1100. The number of rotatable bonds is 10. The van der Waals surface area contributed by atoms with Gasteiger partial charge < -0.3 is 10.2 Å². The predicted octanol–water partition coefficient (Wildman–Crippen LogP) is 3.32. The van der Waals surface area contributed by atoms with E-state index in [0.717, 1.165) is 32.8 Å². The lowest BCUT2D eigenvalue weighted by atomic mass is 10.1. The molecule has 2 aromatic carbocycles. The molecule has 8 heteroatoms. The van der Waals surface area contributed by atoms with E-state index in [1.807, 2.05) is 71.0 Å². The fourth-order valence-electron chi connectivity index (χ4n) is 3.77. The van der Waals surface area contributed by atoms with Gasteiger partial charge in [0.25, 0.3) is 0 Å². The zero-order chi connectivity index (χ0) is 24.8. The molecule has 0 aliphatic rings. The van der Waals surface area contributed by atoms with Gasteiger partial charge in [0.05, 0.1) is 11.9 Å². The quantitative estimate of drug-likeness (QED) is 0.574. The van der Waals surface area contributed by atoms with Gasteiger partial charge in [-0.3, -0.25) is 13.9 Å². The van der Waals surface area contributed by atoms with Crippen molar-refractivity contribution >= 4 is 27.5 Å². The normalized spacial score (nSPS) is 12.2. The van der Waals surface area contributed by atoms with Crippen LogP contribution in [0.3, 0.4) is 0 Å². The summed E-state index contributed by atoms with van der Waals surface area (Å²) in [7, 11) is -3.74. The van der Waals surface area contributed by atoms with Gasteiger partial charge in [0, 0.05) is 13.1 Å². The topological polar surface area (TPSA) is 86.8 Å². The summed E-state index contributed by atoms with van der Waals surface area (Å²) < 4.78 is 26.6. The summed E-state index contributed by atoms with van der Waals surface area (Å²) in [6.45, 7) is 9.57. The maximum atomic E-state index is 13.6. The second kappa shape index (κ2) is 11.3. The molecular weight excluding hydrogens is 438 g/mol. The van der Waals surface area contributed by atoms with Crippen LogP contribution in [0, 0.1) is 20.8 Å². The third-order valence-electron chi connectivity index (χ3n) is 5.65. The third-order valence-corrected chi connectivity index (χ3v) is 6.78. The minimum atomic E-state index is -3.74. The van der Waals surface area contributed by atoms with Gasteiger partial charge in [0.15, 0.2) is 0 Å². The van der Waals surface area contributed by atoms with Crippen molar-refractivity contribution < 1.29 is 18.0 Å². The molecule has 33 heavy (non-hydrogen) atoms. The molecule has 0 heterocycles. The molecule has 2 aromatic rings. The molecule has 0 spiro atoms. The van der Waals surface area contributed by atoms with E-state index in [4.69, 9.17) is 0 Å². The molecule has 1 N–H and O–H groups in total. The molecule has 180 valence electrons. The Balaban J connectivity index is 2.49. The van der Waals surface area contributed by atoms with E-state index in [0.29, 0.717) is 18.7 Å². The van der Waals surface area contributed by atoms with Crippen molar-refractivity contribution in [2.75, 3.05) is 23.7 Å². The summed E-state index contributed by atoms with van der Waals surface area (Å²) in [4.78, 5) is 27.9. The average Bonchev–Trinajstić information content (AvgIpc) is 2.74. The molecule has 0 aliphatic carbocycles. The van der Waals surface area contributed by atoms with E-state index in [-0.39, 0.29) is 19.0 Å². The third kappa shape index (κ3) is 6.81. The van der Waals surface area contributed by atoms with Crippen LogP contribution < -0.4 is 9.62 Å². The molecule has 2 rings (SSSR count). The first-order valence-corrected chi connectivity index (χ1v) is 13.0. The first-order chi connectivity index (χ1) is 15.5. The van der Waals surface area contributed by atoms with E-state index in [1.54, 1.807) is 6.07 Å². The number of likely N-dealkylation sites (N-methyl/N-ethyl adjacent to an activating group) is 1. The van der Waals surface area contributed by atoms with Gasteiger partial charge in [0.2, 0.25) is 21.8 Å². The molecule has 2 amide bonds. The van der Waals surface area contributed by atoms with E-state index < -0.39 is 22.0 Å². The summed E-state index contributed by atoms with van der Waals surface area (Å²) in [6.07, 6.45) is 1.50. The molecule has 0 bridgehead atoms. The maximum absolute atomic E-state index is 13.6. The van der Waals surface area contributed by atoms with E-state index >= 15 is 0 Å². The summed E-state index contributed by atoms with van der Waals surface area (Å²) in [6, 6.07) is 12.4. The molecule has 0 aliphatic heterocycles. The van der Waals surface area contributed by atoms with Crippen LogP contribution in [-0.2, 0) is 26.2 Å². The highest BCUT2D eigenvalue weighted by molar-refractivity contribution is 7.92. The molecule has 0 saturated carbocycles. The Labute approximate surface area is 197 Å². The molecular formula is C25H35N3O4S. The number of anilines is 1. The number of nitrogens with one attached hydrogen (secondary N) is 1. The van der Waals surface area contributed by atoms with Crippen molar-refractivity contribution in [1.29, 1.82) is 0 Å². The Morgan fingerprint density at radius 1 is 1.00 bits per heavy atom. The van der Waals surface area contributed by atoms with Crippen LogP contribution in [0.25, 0.3) is 0 Å². The zero-order valence-corrected chi connectivity index (χ0v) is 21.2. The Morgan fingerprint density at radius 3 is 2.24 bits per heavy atom. The van der Waals surface area contributed by atoms with Gasteiger partial charge in [-0.15, -0.1) is 0 Å². The maximum Gasteiger partial charge on any atom is 0.244 e. The van der Waals surface area contributed by atoms with Crippen LogP contribution in [0.4, 0.5) is 5.69 Å². The van der Waals surface area contributed by atoms with Crippen molar-refractivity contribution in [1.82, 2.24) is 10.2 Å². The number of carbonyl (C=O) groups is 2. The fraction of sp³-hybridized carbons (Fsp3) is 0.440. The van der Waals surface area contributed by atoms with Gasteiger partial charge in [0.1, 0.15) is 12.6 Å². The van der Waals surface area contributed by atoms with Gasteiger partial charge in [-0.05, 0) is 62.4 Å². The second-order valence-electron chi connectivity index (χ2n) is 8.33. The summed E-state index contributed by atoms with van der Waals surface area (Å²) in [5, 5.41) is 2.80. The summed E-state index contributed by atoms with van der Waals surface area (Å²) >= 11 is 0. The Morgan fingerprint density at radius 2 is 1.67 bits per heavy atom. The zero-order valence-electron chi connectivity index (χ0n) is 20.4. The van der Waals surface area contributed by atoms with Crippen molar-refractivity contribution in [3.05, 3.63) is 64.7 Å². The lowest BCUT2D eigenvalue weighted by Gasteiger charge is -2.33. The van der Waals surface area contributed by atoms with Crippen LogP contribution in [0.5, 0.6) is 0 Å². The molecule has 0 saturated heterocycles. The lowest BCUT2D eigenvalue weighted by Crippen LogP contribution is -2.52. The minimum absolute atomic E-state index is 0.214. The number of aryl methyl sites for hydroxylation is 3. The highest BCUT2D eigenvalue weighted by atomic mass is 32.2. The molecule has 0 aromatic heterocycles. The number of sulfonamides is 1. The van der Waals surface area contributed by atoms with E-state index in [1.165, 1.54) is 4.90 Å². The first kappa shape index (κ1) is 26.4. The highest BCUT2D eigenvalue weighted by Crippen LogP contribution is 2.25. The van der Waals surface area contributed by atoms with Crippen molar-refractivity contribution in [2.45, 2.75) is 53.6 Å². The first-order valence-electron chi connectivity index (χ1n) is 11.2. The van der Waals surface area contributed by atoms with Crippen LogP contribution in [0.2, 0.25) is 0 Å². The van der Waals surface area contributed by atoms with Crippen molar-refractivity contribution in [3.63, 3.8) is 0 Å². The van der Waals surface area contributed by atoms with Crippen molar-refractivity contribution in [3.8, 4) is 0 Å². The van der Waals surface area contributed by atoms with Gasteiger partial charge >= 0.3 is 0 Å². The number of hydrogen-bond donors (Lipinski definition) is 1. The Kier molecular flexibility index (Phi) is 9.05. The van der Waals surface area contributed by atoms with E-state index in [9.17, 15) is 18.0 Å². The molecule has 0 fully saturated rings. The standard InChI is InChI=1S/C25H35N3O4S/c1-7-22(25(30)26-8-2)27(16-21-12-10-9-11-19(21)4)24(29)17-28(33(6,31)32)23-15-18(3)13-14-20(23)5/h9-15,22H,7-8,16-17H2,1-6H3,(H,26,30)/t22-/m0/s1. The van der Waals surface area contributed by atoms with Gasteiger partial charge in [-0.25, -0.2) is 8.42 Å². The highest BCUT2D eigenvalue weighted by Gasteiger charge is 2.32. The minimum Gasteiger partial charge on any atom is -0.355 e. The fourth-order valence-corrected chi connectivity index (χ4v) is 4.66. The number of nitrogens with zero attached hydrogens (tertiary/aromatic N) is 2. The van der Waals surface area contributed by atoms with E-state index in [2.05, 4.69) is 5.32 Å². The van der Waals surface area contributed by atoms with Crippen LogP contribution in [0.1, 0.15) is 42.5 Å². The largest absolute Gasteiger partial charge is 0.355 e. The molecule has 0 unspecified atom stereocenters.